The van der Waals surface area contributed by atoms with Crippen LogP contribution < -0.4 is 10.2 Å². The van der Waals surface area contributed by atoms with Gasteiger partial charge in [0.05, 0.1) is 29.6 Å². The van der Waals surface area contributed by atoms with E-state index in [1.807, 2.05) is 0 Å². The molecule has 168 valence electrons. The van der Waals surface area contributed by atoms with Gasteiger partial charge in [0.1, 0.15) is 0 Å². The van der Waals surface area contributed by atoms with E-state index in [0.29, 0.717) is 35.8 Å². The van der Waals surface area contributed by atoms with Gasteiger partial charge < -0.3 is 20.1 Å². The van der Waals surface area contributed by atoms with Crippen molar-refractivity contribution in [2.45, 2.75) is 82.0 Å². The summed E-state index contributed by atoms with van der Waals surface area (Å²) in [5.74, 6) is 2.52. The first-order valence-corrected chi connectivity index (χ1v) is 12.2. The van der Waals surface area contributed by atoms with E-state index >= 15 is 0 Å². The molecule has 6 fully saturated rings. The molecule has 2 heterocycles. The number of ether oxygens (including phenoxy) is 1. The van der Waals surface area contributed by atoms with Crippen LogP contribution in [0.4, 0.5) is 5.95 Å². The average Bonchev–Trinajstić information content (AvgIpc) is 2.68. The molecule has 1 aromatic heterocycles. The standard InChI is InChI=1S/C24H34N4O3/c1-14-13-28(5-6-31-14)23-25-12-19(21(27-23)16-3-2-4-16)22(29)26-20-17-7-15-8-18(20)11-24(30,9-15)10-17/h12,14-18,20,30H,2-11,13H2,1H3,(H,26,29)/t14-,15?,17?,18?,20-,24+/m1/s1. The third kappa shape index (κ3) is 3.54. The van der Waals surface area contributed by atoms with Crippen LogP contribution in [-0.2, 0) is 4.74 Å². The molecule has 3 atom stereocenters. The van der Waals surface area contributed by atoms with Crippen LogP contribution in [0.25, 0.3) is 0 Å². The van der Waals surface area contributed by atoms with Crippen molar-refractivity contribution in [3.63, 3.8) is 0 Å². The molecule has 1 amide bonds. The van der Waals surface area contributed by atoms with Crippen LogP contribution in [0.15, 0.2) is 6.20 Å². The van der Waals surface area contributed by atoms with Gasteiger partial charge in [0.15, 0.2) is 0 Å². The molecular weight excluding hydrogens is 392 g/mol. The van der Waals surface area contributed by atoms with E-state index in [0.717, 1.165) is 69.7 Å². The highest BCUT2D eigenvalue weighted by Crippen LogP contribution is 2.55. The third-order valence-electron chi connectivity index (χ3n) is 8.60. The van der Waals surface area contributed by atoms with Gasteiger partial charge in [-0.15, -0.1) is 0 Å². The first kappa shape index (κ1) is 19.9. The molecule has 0 aromatic carbocycles. The molecule has 1 saturated heterocycles. The van der Waals surface area contributed by atoms with E-state index in [1.54, 1.807) is 6.20 Å². The van der Waals surface area contributed by atoms with Gasteiger partial charge in [0.25, 0.3) is 5.91 Å². The van der Waals surface area contributed by atoms with Crippen molar-refractivity contribution < 1.29 is 14.6 Å². The average molecular weight is 427 g/mol. The van der Waals surface area contributed by atoms with Gasteiger partial charge in [0, 0.05) is 31.2 Å². The zero-order valence-corrected chi connectivity index (χ0v) is 18.4. The number of anilines is 1. The van der Waals surface area contributed by atoms with Crippen LogP contribution in [-0.4, -0.2) is 58.4 Å². The largest absolute Gasteiger partial charge is 0.390 e. The van der Waals surface area contributed by atoms with Crippen LogP contribution in [0.1, 0.15) is 80.3 Å². The Labute approximate surface area is 184 Å². The molecule has 4 bridgehead atoms. The summed E-state index contributed by atoms with van der Waals surface area (Å²) in [7, 11) is 0. The van der Waals surface area contributed by atoms with Crippen LogP contribution in [0.2, 0.25) is 0 Å². The Morgan fingerprint density at radius 1 is 1.26 bits per heavy atom. The first-order valence-electron chi connectivity index (χ1n) is 12.2. The van der Waals surface area contributed by atoms with E-state index in [9.17, 15) is 9.90 Å². The van der Waals surface area contributed by atoms with E-state index in [4.69, 9.17) is 9.72 Å². The molecule has 6 aliphatic rings. The number of amides is 1. The first-order chi connectivity index (χ1) is 15.0. The maximum absolute atomic E-state index is 13.4. The van der Waals surface area contributed by atoms with Gasteiger partial charge in [-0.1, -0.05) is 6.42 Å². The lowest BCUT2D eigenvalue weighted by atomic mass is 9.52. The number of carbonyl (C=O) groups excluding carboxylic acids is 1. The van der Waals surface area contributed by atoms with Crippen LogP contribution in [0.3, 0.4) is 0 Å². The molecule has 2 N–H and O–H groups in total. The summed E-state index contributed by atoms with van der Waals surface area (Å²) in [4.78, 5) is 25.2. The summed E-state index contributed by atoms with van der Waals surface area (Å²) >= 11 is 0. The Morgan fingerprint density at radius 3 is 2.68 bits per heavy atom. The Morgan fingerprint density at radius 2 is 2.03 bits per heavy atom. The van der Waals surface area contributed by atoms with E-state index in [2.05, 4.69) is 22.1 Å². The molecule has 7 nitrogen and oxygen atoms in total. The molecule has 7 rings (SSSR count). The molecule has 0 spiro atoms. The number of nitrogens with zero attached hydrogens (tertiary/aromatic N) is 3. The fraction of sp³-hybridized carbons (Fsp3) is 0.792. The summed E-state index contributed by atoms with van der Waals surface area (Å²) < 4.78 is 5.66. The molecular formula is C24H34N4O3. The van der Waals surface area contributed by atoms with E-state index in [1.165, 1.54) is 6.42 Å². The predicted molar refractivity (Wildman–Crippen MR) is 116 cm³/mol. The number of nitrogens with one attached hydrogen (secondary N) is 1. The van der Waals surface area contributed by atoms with E-state index in [-0.39, 0.29) is 18.1 Å². The summed E-state index contributed by atoms with van der Waals surface area (Å²) in [6, 6.07) is 0.179. The van der Waals surface area contributed by atoms with Crippen LogP contribution in [0, 0.1) is 17.8 Å². The topological polar surface area (TPSA) is 87.6 Å². The van der Waals surface area contributed by atoms with Crippen LogP contribution in [0.5, 0.6) is 0 Å². The quantitative estimate of drug-likeness (QED) is 0.770. The number of aliphatic hydroxyl groups is 1. The molecule has 1 aromatic rings. The second-order valence-corrected chi connectivity index (χ2v) is 10.9. The van der Waals surface area contributed by atoms with Crippen molar-refractivity contribution >= 4 is 11.9 Å². The van der Waals surface area contributed by atoms with Gasteiger partial charge in [0.2, 0.25) is 5.95 Å². The number of hydrogen-bond acceptors (Lipinski definition) is 6. The highest BCUT2D eigenvalue weighted by Gasteiger charge is 2.55. The highest BCUT2D eigenvalue weighted by molar-refractivity contribution is 5.95. The van der Waals surface area contributed by atoms with Gasteiger partial charge in [-0.25, -0.2) is 9.97 Å². The summed E-state index contributed by atoms with van der Waals surface area (Å²) in [5, 5.41) is 14.2. The minimum absolute atomic E-state index is 0.0201. The Hall–Kier alpha value is -1.73. The van der Waals surface area contributed by atoms with Gasteiger partial charge in [-0.2, -0.15) is 0 Å². The number of morpholine rings is 1. The van der Waals surface area contributed by atoms with Gasteiger partial charge in [-0.05, 0) is 69.6 Å². The highest BCUT2D eigenvalue weighted by atomic mass is 16.5. The van der Waals surface area contributed by atoms with Crippen molar-refractivity contribution in [3.05, 3.63) is 17.5 Å². The zero-order chi connectivity index (χ0) is 21.2. The lowest BCUT2D eigenvalue weighted by molar-refractivity contribution is -0.136. The Bertz CT molecular complexity index is 856. The SMILES string of the molecule is C[C@@H]1CN(c2ncc(C(=O)N[C@H]3C4CC5CC3C[C@@](O)(C5)C4)c(C3CCC3)n2)CCO1. The number of hydrogen-bond donors (Lipinski definition) is 2. The molecule has 0 radical (unpaired) electrons. The Kier molecular flexibility index (Phi) is 4.76. The summed E-state index contributed by atoms with van der Waals surface area (Å²) in [5.41, 5.74) is 1.10. The second-order valence-electron chi connectivity index (χ2n) is 10.9. The lowest BCUT2D eigenvalue weighted by Gasteiger charge is -2.58. The predicted octanol–water partition coefficient (Wildman–Crippen LogP) is 2.64. The number of rotatable bonds is 4. The fourth-order valence-electron chi connectivity index (χ4n) is 7.15. The van der Waals surface area contributed by atoms with Gasteiger partial charge >= 0.3 is 0 Å². The van der Waals surface area contributed by atoms with Crippen molar-refractivity contribution in [1.29, 1.82) is 0 Å². The Balaban J connectivity index is 1.24. The smallest absolute Gasteiger partial charge is 0.254 e. The minimum Gasteiger partial charge on any atom is -0.390 e. The van der Waals surface area contributed by atoms with Crippen molar-refractivity contribution in [2.24, 2.45) is 17.8 Å². The normalized spacial score (nSPS) is 39.4. The number of carbonyl (C=O) groups is 1. The van der Waals surface area contributed by atoms with Crippen LogP contribution >= 0.6 is 0 Å². The molecule has 31 heavy (non-hydrogen) atoms. The lowest BCUT2D eigenvalue weighted by Crippen LogP contribution is -2.61. The zero-order valence-electron chi connectivity index (χ0n) is 18.4. The maximum Gasteiger partial charge on any atom is 0.254 e. The van der Waals surface area contributed by atoms with Crippen molar-refractivity contribution in [2.75, 3.05) is 24.6 Å². The van der Waals surface area contributed by atoms with Gasteiger partial charge in [-0.3, -0.25) is 4.79 Å². The van der Waals surface area contributed by atoms with E-state index < -0.39 is 5.60 Å². The monoisotopic (exact) mass is 426 g/mol. The molecule has 2 unspecified atom stereocenters. The van der Waals surface area contributed by atoms with Crippen molar-refractivity contribution in [3.8, 4) is 0 Å². The second kappa shape index (κ2) is 7.41. The molecule has 1 aliphatic heterocycles. The molecule has 7 heteroatoms. The molecule has 5 saturated carbocycles. The minimum atomic E-state index is -0.477. The fourth-order valence-corrected chi connectivity index (χ4v) is 7.15. The molecule has 5 aliphatic carbocycles. The third-order valence-corrected chi connectivity index (χ3v) is 8.60. The summed E-state index contributed by atoms with van der Waals surface area (Å²) in [6.07, 6.45) is 10.2. The van der Waals surface area contributed by atoms with Crippen molar-refractivity contribution in [1.82, 2.24) is 15.3 Å². The number of aromatic nitrogens is 2. The summed E-state index contributed by atoms with van der Waals surface area (Å²) in [6.45, 7) is 4.33. The maximum atomic E-state index is 13.4.